The molecule has 8 atom stereocenters. The van der Waals surface area contributed by atoms with Crippen LogP contribution >= 0.6 is 0 Å². The molecule has 0 radical (unpaired) electrons. The van der Waals surface area contributed by atoms with Gasteiger partial charge in [-0.1, -0.05) is 33.3 Å². The van der Waals surface area contributed by atoms with Crippen LogP contribution in [0.4, 0.5) is 0 Å². The second-order valence-electron chi connectivity index (χ2n) is 9.44. The molecule has 0 aromatic heterocycles. The quantitative estimate of drug-likeness (QED) is 0.596. The fourth-order valence-corrected chi connectivity index (χ4v) is 7.38. The topological polar surface area (TPSA) is 17.1 Å². The normalized spacial score (nSPS) is 54.3. The first kappa shape index (κ1) is 15.0. The van der Waals surface area contributed by atoms with Gasteiger partial charge in [-0.2, -0.15) is 0 Å². The van der Waals surface area contributed by atoms with E-state index in [1.54, 1.807) is 0 Å². The van der Waals surface area contributed by atoms with Crippen LogP contribution in [0, 0.1) is 46.8 Å². The van der Waals surface area contributed by atoms with Crippen molar-refractivity contribution >= 4 is 5.78 Å². The van der Waals surface area contributed by atoms with Crippen molar-refractivity contribution in [2.75, 3.05) is 0 Å². The summed E-state index contributed by atoms with van der Waals surface area (Å²) in [7, 11) is 0. The van der Waals surface area contributed by atoms with E-state index >= 15 is 0 Å². The fourth-order valence-electron chi connectivity index (χ4n) is 7.38. The lowest BCUT2D eigenvalue weighted by molar-refractivity contribution is -0.117. The molecule has 1 nitrogen and oxygen atoms in total. The van der Waals surface area contributed by atoms with E-state index in [9.17, 15) is 4.79 Å². The minimum atomic E-state index is 0.389. The zero-order chi connectivity index (χ0) is 15.6. The van der Waals surface area contributed by atoms with Crippen LogP contribution in [0.15, 0.2) is 11.6 Å². The van der Waals surface area contributed by atoms with Gasteiger partial charge in [0.2, 0.25) is 0 Å². The number of carbonyl (C=O) groups is 1. The fraction of sp³-hybridized carbons (Fsp3) is 0.857. The van der Waals surface area contributed by atoms with Gasteiger partial charge < -0.3 is 0 Å². The van der Waals surface area contributed by atoms with Crippen molar-refractivity contribution in [2.45, 2.75) is 66.2 Å². The predicted octanol–water partition coefficient (Wildman–Crippen LogP) is 5.26. The van der Waals surface area contributed by atoms with Crippen LogP contribution in [0.5, 0.6) is 0 Å². The molecule has 0 heterocycles. The van der Waals surface area contributed by atoms with Gasteiger partial charge in [-0.25, -0.2) is 0 Å². The van der Waals surface area contributed by atoms with Gasteiger partial charge in [0.15, 0.2) is 5.78 Å². The highest BCUT2D eigenvalue weighted by atomic mass is 16.1. The van der Waals surface area contributed by atoms with E-state index in [1.165, 1.54) is 31.3 Å². The molecule has 0 aromatic rings. The van der Waals surface area contributed by atoms with Gasteiger partial charge >= 0.3 is 0 Å². The molecular weight excluding hydrogens is 268 g/mol. The first-order chi connectivity index (χ1) is 10.4. The lowest BCUT2D eigenvalue weighted by Gasteiger charge is -2.58. The number of rotatable bonds is 0. The SMILES string of the molecule is C[C@@H]1CC2=CC(=O)CCC2[C@@H]2[C@@H]1[C@@H]1CC[C@H](C)[C@@]1(C)C[C@@H]2C. The second kappa shape index (κ2) is 4.95. The van der Waals surface area contributed by atoms with E-state index in [0.717, 1.165) is 54.3 Å². The predicted molar refractivity (Wildman–Crippen MR) is 90.4 cm³/mol. The summed E-state index contributed by atoms with van der Waals surface area (Å²) in [6, 6.07) is 0. The van der Waals surface area contributed by atoms with Crippen LogP contribution in [0.2, 0.25) is 0 Å². The van der Waals surface area contributed by atoms with Crippen molar-refractivity contribution in [3.05, 3.63) is 11.6 Å². The summed E-state index contributed by atoms with van der Waals surface area (Å²) < 4.78 is 0. The molecule has 0 spiro atoms. The number of hydrogen-bond donors (Lipinski definition) is 0. The number of carbonyl (C=O) groups excluding carboxylic acids is 1. The molecule has 4 aliphatic carbocycles. The molecule has 3 fully saturated rings. The smallest absolute Gasteiger partial charge is 0.155 e. The molecule has 0 amide bonds. The number of allylic oxidation sites excluding steroid dienone is 1. The molecule has 1 heteroatoms. The Balaban J connectivity index is 1.73. The maximum atomic E-state index is 11.9. The lowest BCUT2D eigenvalue weighted by atomic mass is 9.46. The minimum absolute atomic E-state index is 0.389. The molecule has 0 bridgehead atoms. The molecule has 1 unspecified atom stereocenters. The Labute approximate surface area is 135 Å². The van der Waals surface area contributed by atoms with Gasteiger partial charge in [0, 0.05) is 6.42 Å². The molecule has 0 aliphatic heterocycles. The van der Waals surface area contributed by atoms with Gasteiger partial charge in [0.05, 0.1) is 0 Å². The van der Waals surface area contributed by atoms with E-state index in [4.69, 9.17) is 0 Å². The maximum Gasteiger partial charge on any atom is 0.155 e. The third-order valence-electron chi connectivity index (χ3n) is 8.42. The molecule has 4 aliphatic rings. The van der Waals surface area contributed by atoms with Crippen molar-refractivity contribution in [1.82, 2.24) is 0 Å². The first-order valence-electron chi connectivity index (χ1n) is 9.65. The average Bonchev–Trinajstić information content (AvgIpc) is 2.74. The van der Waals surface area contributed by atoms with Crippen LogP contribution in [0.3, 0.4) is 0 Å². The monoisotopic (exact) mass is 300 g/mol. The molecule has 0 aromatic carbocycles. The van der Waals surface area contributed by atoms with Crippen molar-refractivity contribution in [1.29, 1.82) is 0 Å². The highest BCUT2D eigenvalue weighted by Gasteiger charge is 2.58. The third kappa shape index (κ3) is 1.93. The highest BCUT2D eigenvalue weighted by Crippen LogP contribution is 2.66. The van der Waals surface area contributed by atoms with E-state index in [0.29, 0.717) is 11.2 Å². The Kier molecular flexibility index (Phi) is 3.37. The van der Waals surface area contributed by atoms with Crippen molar-refractivity contribution < 1.29 is 4.79 Å². The van der Waals surface area contributed by atoms with Gasteiger partial charge in [-0.15, -0.1) is 0 Å². The summed E-state index contributed by atoms with van der Waals surface area (Å²) in [6.07, 6.45) is 9.50. The Hall–Kier alpha value is -0.590. The Morgan fingerprint density at radius 3 is 2.59 bits per heavy atom. The maximum absolute atomic E-state index is 11.9. The molecule has 4 rings (SSSR count). The van der Waals surface area contributed by atoms with Crippen LogP contribution in [-0.4, -0.2) is 5.78 Å². The van der Waals surface area contributed by atoms with Crippen LogP contribution in [0.1, 0.15) is 66.2 Å². The molecule has 122 valence electrons. The van der Waals surface area contributed by atoms with E-state index in [-0.39, 0.29) is 0 Å². The largest absolute Gasteiger partial charge is 0.295 e. The van der Waals surface area contributed by atoms with E-state index < -0.39 is 0 Å². The van der Waals surface area contributed by atoms with Crippen molar-refractivity contribution in [3.63, 3.8) is 0 Å². The van der Waals surface area contributed by atoms with Crippen LogP contribution in [0.25, 0.3) is 0 Å². The van der Waals surface area contributed by atoms with Gasteiger partial charge in [0.1, 0.15) is 0 Å². The Morgan fingerprint density at radius 1 is 1.05 bits per heavy atom. The van der Waals surface area contributed by atoms with E-state index in [2.05, 4.69) is 27.7 Å². The summed E-state index contributed by atoms with van der Waals surface area (Å²) in [4.78, 5) is 11.9. The van der Waals surface area contributed by atoms with Gasteiger partial charge in [0.25, 0.3) is 0 Å². The second-order valence-corrected chi connectivity index (χ2v) is 9.44. The standard InChI is InChI=1S/C21H32O/c1-12-9-15-10-16(22)6-7-17(15)19-13(2)11-21(4)14(3)5-8-18(21)20(12)19/h10,12-14,17-20H,5-9,11H2,1-4H3/t12-,13+,14+,17?,18+,19-,20+,21-/m1/s1. The third-order valence-corrected chi connectivity index (χ3v) is 8.42. The summed E-state index contributed by atoms with van der Waals surface area (Å²) in [5, 5.41) is 0. The Morgan fingerprint density at radius 2 is 1.82 bits per heavy atom. The number of ketones is 1. The summed E-state index contributed by atoms with van der Waals surface area (Å²) in [5.74, 6) is 6.33. The molecule has 3 saturated carbocycles. The first-order valence-corrected chi connectivity index (χ1v) is 9.65. The van der Waals surface area contributed by atoms with Crippen molar-refractivity contribution in [3.8, 4) is 0 Å². The molecule has 22 heavy (non-hydrogen) atoms. The zero-order valence-electron chi connectivity index (χ0n) is 14.8. The van der Waals surface area contributed by atoms with Gasteiger partial charge in [-0.3, -0.25) is 4.79 Å². The lowest BCUT2D eigenvalue weighted by Crippen LogP contribution is -2.52. The highest BCUT2D eigenvalue weighted by molar-refractivity contribution is 5.91. The molecule has 0 N–H and O–H groups in total. The average molecular weight is 300 g/mol. The summed E-state index contributed by atoms with van der Waals surface area (Å²) in [6.45, 7) is 10.1. The number of fused-ring (bicyclic) bond motifs is 5. The summed E-state index contributed by atoms with van der Waals surface area (Å²) in [5.41, 5.74) is 2.10. The Bertz CT molecular complexity index is 518. The zero-order valence-corrected chi connectivity index (χ0v) is 14.8. The molecular formula is C21H32O. The van der Waals surface area contributed by atoms with Gasteiger partial charge in [-0.05, 0) is 85.0 Å². The minimum Gasteiger partial charge on any atom is -0.295 e. The van der Waals surface area contributed by atoms with E-state index in [1.807, 2.05) is 6.08 Å². The van der Waals surface area contributed by atoms with Crippen LogP contribution < -0.4 is 0 Å². The van der Waals surface area contributed by atoms with Crippen molar-refractivity contribution in [2.24, 2.45) is 46.8 Å². The molecule has 0 saturated heterocycles. The number of hydrogen-bond acceptors (Lipinski definition) is 1. The van der Waals surface area contributed by atoms with Crippen LogP contribution in [-0.2, 0) is 4.79 Å². The summed E-state index contributed by atoms with van der Waals surface area (Å²) >= 11 is 0.